The Morgan fingerprint density at radius 2 is 1.80 bits per heavy atom. The smallest absolute Gasteiger partial charge is 0.312 e. The highest BCUT2D eigenvalue weighted by atomic mass is 35.5. The molecule has 0 radical (unpaired) electrons. The first kappa shape index (κ1) is 18.9. The standard InChI is InChI=1S/C16H15Cl2N3O4/c17-11-7-12(18)9-14(8-11)25-13-3-1-2-10(6-13)15(22)21(24)5-4-20-16(19)23/h1-3,6-9,24H,4-5H2,(H3,19,20,23). The first-order chi connectivity index (χ1) is 11.8. The molecule has 2 aromatic carbocycles. The predicted octanol–water partition coefficient (Wildman–Crippen LogP) is 3.29. The normalized spacial score (nSPS) is 10.2. The van der Waals surface area contributed by atoms with E-state index < -0.39 is 11.9 Å². The van der Waals surface area contributed by atoms with E-state index in [-0.39, 0.29) is 18.7 Å². The van der Waals surface area contributed by atoms with Crippen molar-refractivity contribution in [3.8, 4) is 11.5 Å². The molecule has 0 atom stereocenters. The molecule has 4 N–H and O–H groups in total. The van der Waals surface area contributed by atoms with Gasteiger partial charge in [-0.3, -0.25) is 10.0 Å². The largest absolute Gasteiger partial charge is 0.457 e. The Morgan fingerprint density at radius 3 is 2.44 bits per heavy atom. The number of urea groups is 1. The number of benzene rings is 2. The number of amides is 3. The summed E-state index contributed by atoms with van der Waals surface area (Å²) in [5.41, 5.74) is 5.11. The lowest BCUT2D eigenvalue weighted by atomic mass is 10.2. The fourth-order valence-corrected chi connectivity index (χ4v) is 2.46. The van der Waals surface area contributed by atoms with Crippen molar-refractivity contribution in [1.82, 2.24) is 10.4 Å². The van der Waals surface area contributed by atoms with E-state index >= 15 is 0 Å². The third-order valence-electron chi connectivity index (χ3n) is 3.01. The summed E-state index contributed by atoms with van der Waals surface area (Å²) in [4.78, 5) is 22.7. The number of hydrogen-bond acceptors (Lipinski definition) is 4. The number of carbonyl (C=O) groups excluding carboxylic acids is 2. The quantitative estimate of drug-likeness (QED) is 0.525. The Hall–Kier alpha value is -2.48. The van der Waals surface area contributed by atoms with Crippen LogP contribution in [-0.4, -0.2) is 35.3 Å². The molecule has 132 valence electrons. The minimum Gasteiger partial charge on any atom is -0.457 e. The lowest BCUT2D eigenvalue weighted by Crippen LogP contribution is -2.38. The maximum absolute atomic E-state index is 12.2. The van der Waals surface area contributed by atoms with E-state index in [1.54, 1.807) is 30.3 Å². The van der Waals surface area contributed by atoms with E-state index in [4.69, 9.17) is 33.7 Å². The van der Waals surface area contributed by atoms with E-state index in [1.807, 2.05) is 0 Å². The van der Waals surface area contributed by atoms with Gasteiger partial charge in [0.2, 0.25) is 0 Å². The fraction of sp³-hybridized carbons (Fsp3) is 0.125. The summed E-state index contributed by atoms with van der Waals surface area (Å²) in [6, 6.07) is 10.2. The summed E-state index contributed by atoms with van der Waals surface area (Å²) in [7, 11) is 0. The molecule has 0 aliphatic heterocycles. The molecule has 2 rings (SSSR count). The van der Waals surface area contributed by atoms with Crippen LogP contribution in [0.1, 0.15) is 10.4 Å². The van der Waals surface area contributed by atoms with Crippen molar-refractivity contribution in [2.75, 3.05) is 13.1 Å². The van der Waals surface area contributed by atoms with E-state index in [2.05, 4.69) is 5.32 Å². The third-order valence-corrected chi connectivity index (χ3v) is 3.45. The Labute approximate surface area is 153 Å². The number of halogens is 2. The van der Waals surface area contributed by atoms with Gasteiger partial charge in [0.05, 0.1) is 6.54 Å². The molecule has 3 amide bonds. The molecular weight excluding hydrogens is 369 g/mol. The van der Waals surface area contributed by atoms with E-state index in [0.29, 0.717) is 26.6 Å². The number of carbonyl (C=O) groups is 2. The number of nitrogens with one attached hydrogen (secondary N) is 1. The summed E-state index contributed by atoms with van der Waals surface area (Å²) in [6.07, 6.45) is 0. The number of nitrogens with zero attached hydrogens (tertiary/aromatic N) is 1. The number of rotatable bonds is 6. The van der Waals surface area contributed by atoms with Crippen molar-refractivity contribution in [3.63, 3.8) is 0 Å². The van der Waals surface area contributed by atoms with E-state index in [9.17, 15) is 14.8 Å². The highest BCUT2D eigenvalue weighted by Crippen LogP contribution is 2.28. The highest BCUT2D eigenvalue weighted by Gasteiger charge is 2.14. The number of hydroxylamine groups is 2. The predicted molar refractivity (Wildman–Crippen MR) is 93.4 cm³/mol. The maximum atomic E-state index is 12.2. The molecule has 7 nitrogen and oxygen atoms in total. The van der Waals surface area contributed by atoms with Gasteiger partial charge in [-0.25, -0.2) is 9.86 Å². The van der Waals surface area contributed by atoms with Crippen LogP contribution in [0, 0.1) is 0 Å². The lowest BCUT2D eigenvalue weighted by molar-refractivity contribution is -0.0564. The summed E-state index contributed by atoms with van der Waals surface area (Å²) in [6.45, 7) is -0.0917. The Morgan fingerprint density at radius 1 is 1.12 bits per heavy atom. The van der Waals surface area contributed by atoms with Crippen LogP contribution in [0.5, 0.6) is 11.5 Å². The average molecular weight is 384 g/mol. The van der Waals surface area contributed by atoms with Gasteiger partial charge in [0.1, 0.15) is 11.5 Å². The zero-order valence-corrected chi connectivity index (χ0v) is 14.4. The zero-order valence-electron chi connectivity index (χ0n) is 12.9. The van der Waals surface area contributed by atoms with Gasteiger partial charge < -0.3 is 15.8 Å². The minimum absolute atomic E-state index is 0.0226. The van der Waals surface area contributed by atoms with Crippen LogP contribution in [0.3, 0.4) is 0 Å². The van der Waals surface area contributed by atoms with Crippen LogP contribution >= 0.6 is 23.2 Å². The Bertz CT molecular complexity index is 765. The second-order valence-corrected chi connectivity index (χ2v) is 5.83. The van der Waals surface area contributed by atoms with Crippen LogP contribution in [0.15, 0.2) is 42.5 Å². The monoisotopic (exact) mass is 383 g/mol. The molecule has 0 unspecified atom stereocenters. The summed E-state index contributed by atoms with van der Waals surface area (Å²) >= 11 is 11.8. The van der Waals surface area contributed by atoms with Crippen molar-refractivity contribution in [2.24, 2.45) is 5.73 Å². The van der Waals surface area contributed by atoms with Crippen molar-refractivity contribution in [3.05, 3.63) is 58.1 Å². The summed E-state index contributed by atoms with van der Waals surface area (Å²) in [5, 5.41) is 13.3. The molecule has 0 spiro atoms. The molecule has 2 aromatic rings. The van der Waals surface area contributed by atoms with Crippen LogP contribution in [-0.2, 0) is 0 Å². The molecule has 0 saturated heterocycles. The number of primary amides is 1. The second kappa shape index (κ2) is 8.57. The number of hydrogen-bond donors (Lipinski definition) is 3. The molecule has 0 bridgehead atoms. The van der Waals surface area contributed by atoms with Gasteiger partial charge >= 0.3 is 6.03 Å². The van der Waals surface area contributed by atoms with Gasteiger partial charge in [-0.05, 0) is 36.4 Å². The topological polar surface area (TPSA) is 105 Å². The van der Waals surface area contributed by atoms with Crippen LogP contribution in [0.2, 0.25) is 10.0 Å². The number of nitrogens with two attached hydrogens (primary N) is 1. The van der Waals surface area contributed by atoms with Crippen molar-refractivity contribution >= 4 is 35.1 Å². The first-order valence-electron chi connectivity index (χ1n) is 7.13. The van der Waals surface area contributed by atoms with Gasteiger partial charge in [-0.15, -0.1) is 0 Å². The molecule has 25 heavy (non-hydrogen) atoms. The van der Waals surface area contributed by atoms with E-state index in [1.165, 1.54) is 12.1 Å². The molecule has 0 saturated carbocycles. The zero-order chi connectivity index (χ0) is 18.4. The molecule has 0 fully saturated rings. The van der Waals surface area contributed by atoms with Crippen LogP contribution in [0.4, 0.5) is 4.79 Å². The second-order valence-electron chi connectivity index (χ2n) is 4.95. The molecule has 9 heteroatoms. The van der Waals surface area contributed by atoms with Crippen molar-refractivity contribution in [1.29, 1.82) is 0 Å². The highest BCUT2D eigenvalue weighted by molar-refractivity contribution is 6.34. The molecule has 0 heterocycles. The van der Waals surface area contributed by atoms with Crippen molar-refractivity contribution in [2.45, 2.75) is 0 Å². The SMILES string of the molecule is NC(=O)NCCN(O)C(=O)c1cccc(Oc2cc(Cl)cc(Cl)c2)c1. The van der Waals surface area contributed by atoms with Crippen LogP contribution < -0.4 is 15.8 Å². The maximum Gasteiger partial charge on any atom is 0.312 e. The molecule has 0 aliphatic carbocycles. The van der Waals surface area contributed by atoms with Crippen molar-refractivity contribution < 1.29 is 19.5 Å². The Kier molecular flexibility index (Phi) is 6.46. The summed E-state index contributed by atoms with van der Waals surface area (Å²) < 4.78 is 5.63. The first-order valence-corrected chi connectivity index (χ1v) is 7.89. The van der Waals surface area contributed by atoms with Gasteiger partial charge in [-0.2, -0.15) is 0 Å². The van der Waals surface area contributed by atoms with Crippen LogP contribution in [0.25, 0.3) is 0 Å². The van der Waals surface area contributed by atoms with Gasteiger partial charge in [-0.1, -0.05) is 29.3 Å². The van der Waals surface area contributed by atoms with E-state index in [0.717, 1.165) is 0 Å². The fourth-order valence-electron chi connectivity index (χ4n) is 1.95. The Balaban J connectivity index is 2.07. The lowest BCUT2D eigenvalue weighted by Gasteiger charge is -2.15. The average Bonchev–Trinajstić information content (AvgIpc) is 2.53. The molecular formula is C16H15Cl2N3O4. The summed E-state index contributed by atoms with van der Waals surface area (Å²) in [5.74, 6) is 0.127. The molecule has 0 aliphatic rings. The molecule has 0 aromatic heterocycles. The minimum atomic E-state index is -0.739. The number of ether oxygens (including phenoxy) is 1. The van der Waals surface area contributed by atoms with Gasteiger partial charge in [0, 0.05) is 22.2 Å². The van der Waals surface area contributed by atoms with Gasteiger partial charge in [0.15, 0.2) is 0 Å². The third kappa shape index (κ3) is 5.82. The van der Waals surface area contributed by atoms with Gasteiger partial charge in [0.25, 0.3) is 5.91 Å².